The molecule has 0 fully saturated rings. The van der Waals surface area contributed by atoms with Gasteiger partial charge in [-0.1, -0.05) is 39.3 Å². The molecule has 1 aliphatic rings. The molecule has 0 amide bonds. The van der Waals surface area contributed by atoms with Gasteiger partial charge < -0.3 is 14.8 Å². The Morgan fingerprint density at radius 2 is 2.00 bits per heavy atom. The van der Waals surface area contributed by atoms with Crippen molar-refractivity contribution in [3.05, 3.63) is 23.8 Å². The number of benzene rings is 1. The van der Waals surface area contributed by atoms with E-state index < -0.39 is 0 Å². The molecule has 1 aromatic rings. The lowest BCUT2D eigenvalue weighted by Gasteiger charge is -2.29. The zero-order chi connectivity index (χ0) is 13.7. The Hall–Kier alpha value is -1.22. The van der Waals surface area contributed by atoms with Crippen LogP contribution in [0.3, 0.4) is 0 Å². The van der Waals surface area contributed by atoms with E-state index in [1.54, 1.807) is 0 Å². The summed E-state index contributed by atoms with van der Waals surface area (Å²) in [6.45, 7) is 8.94. The molecule has 0 spiro atoms. The molecule has 1 aliphatic heterocycles. The third-order valence-corrected chi connectivity index (χ3v) is 3.67. The van der Waals surface area contributed by atoms with Gasteiger partial charge in [0.25, 0.3) is 0 Å². The first kappa shape index (κ1) is 14.2. The van der Waals surface area contributed by atoms with Crippen molar-refractivity contribution in [2.45, 2.75) is 39.7 Å². The Bertz CT molecular complexity index is 406. The highest BCUT2D eigenvalue weighted by Crippen LogP contribution is 2.39. The first-order chi connectivity index (χ1) is 9.27. The van der Waals surface area contributed by atoms with E-state index in [2.05, 4.69) is 38.2 Å². The molecule has 2 atom stereocenters. The largest absolute Gasteiger partial charge is 0.486 e. The Kier molecular flexibility index (Phi) is 5.08. The highest BCUT2D eigenvalue weighted by atomic mass is 16.6. The summed E-state index contributed by atoms with van der Waals surface area (Å²) >= 11 is 0. The van der Waals surface area contributed by atoms with Gasteiger partial charge in [0.15, 0.2) is 11.5 Å². The van der Waals surface area contributed by atoms with Gasteiger partial charge >= 0.3 is 0 Å². The molecule has 0 bridgehead atoms. The Morgan fingerprint density at radius 1 is 1.21 bits per heavy atom. The van der Waals surface area contributed by atoms with E-state index in [4.69, 9.17) is 9.47 Å². The van der Waals surface area contributed by atoms with Crippen LogP contribution in [0.4, 0.5) is 0 Å². The number of rotatable bonds is 6. The van der Waals surface area contributed by atoms with Crippen LogP contribution >= 0.6 is 0 Å². The summed E-state index contributed by atoms with van der Waals surface area (Å²) in [5, 5.41) is 3.60. The molecule has 1 N–H and O–H groups in total. The van der Waals surface area contributed by atoms with E-state index in [0.717, 1.165) is 18.0 Å². The van der Waals surface area contributed by atoms with Gasteiger partial charge in [0, 0.05) is 11.6 Å². The van der Waals surface area contributed by atoms with E-state index in [0.29, 0.717) is 25.2 Å². The minimum Gasteiger partial charge on any atom is -0.486 e. The van der Waals surface area contributed by atoms with Crippen LogP contribution in [-0.4, -0.2) is 19.8 Å². The van der Waals surface area contributed by atoms with Crippen molar-refractivity contribution >= 4 is 0 Å². The molecular formula is C16H25NO2. The van der Waals surface area contributed by atoms with E-state index >= 15 is 0 Å². The number of hydrogen-bond acceptors (Lipinski definition) is 3. The topological polar surface area (TPSA) is 30.5 Å². The summed E-state index contributed by atoms with van der Waals surface area (Å²) in [5.41, 5.74) is 1.24. The molecule has 3 nitrogen and oxygen atoms in total. The molecule has 3 heteroatoms. The van der Waals surface area contributed by atoms with Crippen LogP contribution in [0.25, 0.3) is 0 Å². The van der Waals surface area contributed by atoms with Crippen molar-refractivity contribution in [2.75, 3.05) is 19.8 Å². The van der Waals surface area contributed by atoms with Crippen LogP contribution in [0.5, 0.6) is 11.5 Å². The van der Waals surface area contributed by atoms with Crippen molar-refractivity contribution < 1.29 is 9.47 Å². The van der Waals surface area contributed by atoms with Crippen molar-refractivity contribution in [3.8, 4) is 11.5 Å². The van der Waals surface area contributed by atoms with E-state index in [1.165, 1.54) is 18.4 Å². The fraction of sp³-hybridized carbons (Fsp3) is 0.625. The van der Waals surface area contributed by atoms with Gasteiger partial charge in [0.2, 0.25) is 0 Å². The van der Waals surface area contributed by atoms with Gasteiger partial charge in [-0.2, -0.15) is 0 Å². The molecule has 2 unspecified atom stereocenters. The lowest BCUT2D eigenvalue weighted by Crippen LogP contribution is -2.28. The number of nitrogens with one attached hydrogen (secondary N) is 1. The number of hydrogen-bond donors (Lipinski definition) is 1. The zero-order valence-electron chi connectivity index (χ0n) is 12.2. The fourth-order valence-corrected chi connectivity index (χ4v) is 2.80. The summed E-state index contributed by atoms with van der Waals surface area (Å²) < 4.78 is 11.5. The highest BCUT2D eigenvalue weighted by Gasteiger charge is 2.25. The summed E-state index contributed by atoms with van der Waals surface area (Å²) in [7, 11) is 0. The third kappa shape index (κ3) is 3.21. The Balaban J connectivity index is 2.30. The number of fused-ring (bicyclic) bond motifs is 1. The number of ether oxygens (including phenoxy) is 2. The average molecular weight is 263 g/mol. The van der Waals surface area contributed by atoms with Gasteiger partial charge in [-0.25, -0.2) is 0 Å². The summed E-state index contributed by atoms with van der Waals surface area (Å²) in [6.07, 6.45) is 2.41. The SMILES string of the molecule is CCCC(C)C(NCC)c1cccc2c1OCCO2. The predicted octanol–water partition coefficient (Wildman–Crippen LogP) is 3.54. The van der Waals surface area contributed by atoms with Crippen LogP contribution in [0.2, 0.25) is 0 Å². The first-order valence-corrected chi connectivity index (χ1v) is 7.39. The van der Waals surface area contributed by atoms with E-state index in [9.17, 15) is 0 Å². The molecule has 106 valence electrons. The zero-order valence-corrected chi connectivity index (χ0v) is 12.2. The molecule has 19 heavy (non-hydrogen) atoms. The Labute approximate surface area is 116 Å². The van der Waals surface area contributed by atoms with Crippen molar-refractivity contribution in [1.82, 2.24) is 5.32 Å². The fourth-order valence-electron chi connectivity index (χ4n) is 2.80. The lowest BCUT2D eigenvalue weighted by molar-refractivity contribution is 0.167. The van der Waals surface area contributed by atoms with Gasteiger partial charge in [-0.05, 0) is 24.9 Å². The standard InChI is InChI=1S/C16H25NO2/c1-4-7-12(3)15(17-5-2)13-8-6-9-14-16(13)19-11-10-18-14/h6,8-9,12,15,17H,4-5,7,10-11H2,1-3H3. The molecule has 0 radical (unpaired) electrons. The van der Waals surface area contributed by atoms with Gasteiger partial charge in [-0.15, -0.1) is 0 Å². The van der Waals surface area contributed by atoms with Crippen LogP contribution in [-0.2, 0) is 0 Å². The van der Waals surface area contributed by atoms with Crippen LogP contribution in [0.1, 0.15) is 45.2 Å². The smallest absolute Gasteiger partial charge is 0.166 e. The van der Waals surface area contributed by atoms with Gasteiger partial charge in [0.1, 0.15) is 13.2 Å². The van der Waals surface area contributed by atoms with E-state index in [-0.39, 0.29) is 0 Å². The second kappa shape index (κ2) is 6.80. The minimum absolute atomic E-state index is 0.335. The summed E-state index contributed by atoms with van der Waals surface area (Å²) in [6, 6.07) is 6.55. The first-order valence-electron chi connectivity index (χ1n) is 7.39. The van der Waals surface area contributed by atoms with Crippen molar-refractivity contribution in [2.24, 2.45) is 5.92 Å². The quantitative estimate of drug-likeness (QED) is 0.851. The monoisotopic (exact) mass is 263 g/mol. The molecule has 1 aromatic carbocycles. The van der Waals surface area contributed by atoms with Gasteiger partial charge in [-0.3, -0.25) is 0 Å². The second-order valence-electron chi connectivity index (χ2n) is 5.17. The number of para-hydroxylation sites is 1. The summed E-state index contributed by atoms with van der Waals surface area (Å²) in [5.74, 6) is 2.40. The maximum atomic E-state index is 5.85. The van der Waals surface area contributed by atoms with Crippen LogP contribution < -0.4 is 14.8 Å². The molecule has 0 aromatic heterocycles. The van der Waals surface area contributed by atoms with E-state index in [1.807, 2.05) is 6.07 Å². The molecule has 0 saturated heterocycles. The normalized spacial score (nSPS) is 17.0. The molecule has 2 rings (SSSR count). The minimum atomic E-state index is 0.335. The summed E-state index contributed by atoms with van der Waals surface area (Å²) in [4.78, 5) is 0. The predicted molar refractivity (Wildman–Crippen MR) is 77.9 cm³/mol. The molecule has 0 aliphatic carbocycles. The Morgan fingerprint density at radius 3 is 2.74 bits per heavy atom. The van der Waals surface area contributed by atoms with Crippen LogP contribution in [0.15, 0.2) is 18.2 Å². The molecule has 1 heterocycles. The second-order valence-corrected chi connectivity index (χ2v) is 5.17. The lowest BCUT2D eigenvalue weighted by atomic mass is 9.90. The maximum absolute atomic E-state index is 5.85. The highest BCUT2D eigenvalue weighted by molar-refractivity contribution is 5.49. The maximum Gasteiger partial charge on any atom is 0.166 e. The molecular weight excluding hydrogens is 238 g/mol. The van der Waals surface area contributed by atoms with Crippen LogP contribution in [0, 0.1) is 5.92 Å². The van der Waals surface area contributed by atoms with Gasteiger partial charge in [0.05, 0.1) is 0 Å². The average Bonchev–Trinajstić information content (AvgIpc) is 2.44. The molecule has 0 saturated carbocycles. The third-order valence-electron chi connectivity index (χ3n) is 3.67. The van der Waals surface area contributed by atoms with Crippen molar-refractivity contribution in [3.63, 3.8) is 0 Å². The van der Waals surface area contributed by atoms with Crippen molar-refractivity contribution in [1.29, 1.82) is 0 Å².